The Morgan fingerprint density at radius 1 is 1.08 bits per heavy atom. The van der Waals surface area contributed by atoms with Crippen molar-refractivity contribution in [3.8, 4) is 5.75 Å². The first kappa shape index (κ1) is 26.9. The van der Waals surface area contributed by atoms with E-state index in [1.54, 1.807) is 30.2 Å². The molecular weight excluding hydrogens is 514 g/mol. The van der Waals surface area contributed by atoms with E-state index >= 15 is 0 Å². The van der Waals surface area contributed by atoms with Gasteiger partial charge >= 0.3 is 0 Å². The van der Waals surface area contributed by atoms with Crippen molar-refractivity contribution in [1.29, 1.82) is 0 Å². The summed E-state index contributed by atoms with van der Waals surface area (Å²) in [5.41, 5.74) is 2.44. The lowest BCUT2D eigenvalue weighted by Gasteiger charge is -2.29. The van der Waals surface area contributed by atoms with Crippen molar-refractivity contribution in [2.45, 2.75) is 22.9 Å². The van der Waals surface area contributed by atoms with Gasteiger partial charge in [-0.05, 0) is 67.7 Å². The summed E-state index contributed by atoms with van der Waals surface area (Å²) in [6, 6.07) is 19.3. The third kappa shape index (κ3) is 6.42. The van der Waals surface area contributed by atoms with E-state index in [4.69, 9.17) is 21.1 Å². The summed E-state index contributed by atoms with van der Waals surface area (Å²) in [7, 11) is 5.53. The standard InChI is InChI=1S/C27H28ClN3O5S/c1-29(2)14-15-30-23-13-8-20(28)16-24(23)37-26(19-6-11-22(35-3)12-7-19)25(27(30)32)36-17-18-4-9-21(10-5-18)31(33)34/h4-13,16,25-26H,14-15,17H2,1-3H3/t25-,26+/m1/s1. The molecule has 0 spiro atoms. The number of benzene rings is 3. The summed E-state index contributed by atoms with van der Waals surface area (Å²) >= 11 is 7.90. The molecule has 0 bridgehead atoms. The van der Waals surface area contributed by atoms with Gasteiger partial charge in [0.15, 0.2) is 6.10 Å². The zero-order valence-corrected chi connectivity index (χ0v) is 22.4. The maximum atomic E-state index is 14.1. The van der Waals surface area contributed by atoms with Gasteiger partial charge in [0.1, 0.15) is 5.75 Å². The van der Waals surface area contributed by atoms with Crippen molar-refractivity contribution >= 4 is 40.6 Å². The normalized spacial score (nSPS) is 17.4. The number of hydrogen-bond acceptors (Lipinski definition) is 7. The molecule has 1 aliphatic rings. The molecule has 3 aromatic carbocycles. The molecule has 194 valence electrons. The van der Waals surface area contributed by atoms with Crippen molar-refractivity contribution < 1.29 is 19.2 Å². The molecular formula is C27H28ClN3O5S. The number of nitro groups is 1. The van der Waals surface area contributed by atoms with Gasteiger partial charge in [0.2, 0.25) is 0 Å². The fraction of sp³-hybridized carbons (Fsp3) is 0.296. The molecule has 8 nitrogen and oxygen atoms in total. The summed E-state index contributed by atoms with van der Waals surface area (Å²) in [4.78, 5) is 29.4. The van der Waals surface area contributed by atoms with Gasteiger partial charge in [-0.1, -0.05) is 23.7 Å². The number of thioether (sulfide) groups is 1. The first-order valence-corrected chi connectivity index (χ1v) is 12.9. The monoisotopic (exact) mass is 541 g/mol. The first-order chi connectivity index (χ1) is 17.8. The van der Waals surface area contributed by atoms with Crippen LogP contribution in [0, 0.1) is 10.1 Å². The Balaban J connectivity index is 1.72. The molecule has 0 saturated carbocycles. The van der Waals surface area contributed by atoms with Crippen molar-refractivity contribution in [3.05, 3.63) is 93.0 Å². The largest absolute Gasteiger partial charge is 0.497 e. The topological polar surface area (TPSA) is 85.2 Å². The number of carbonyl (C=O) groups excluding carboxylic acids is 1. The Bertz CT molecular complexity index is 1250. The second-order valence-corrected chi connectivity index (χ2v) is 10.5. The van der Waals surface area contributed by atoms with Gasteiger partial charge in [0.05, 0.1) is 29.6 Å². The summed E-state index contributed by atoms with van der Waals surface area (Å²) in [6.45, 7) is 1.27. The Morgan fingerprint density at radius 2 is 1.78 bits per heavy atom. The number of carbonyl (C=O) groups is 1. The molecule has 3 aromatic rings. The van der Waals surface area contributed by atoms with E-state index < -0.39 is 11.0 Å². The fourth-order valence-electron chi connectivity index (χ4n) is 4.03. The minimum atomic E-state index is -0.818. The number of non-ortho nitro benzene ring substituents is 1. The molecule has 0 radical (unpaired) electrons. The number of hydrogen-bond donors (Lipinski definition) is 0. The van der Waals surface area contributed by atoms with Crippen LogP contribution >= 0.6 is 23.4 Å². The Morgan fingerprint density at radius 3 is 2.41 bits per heavy atom. The number of ether oxygens (including phenoxy) is 2. The van der Waals surface area contributed by atoms with Gasteiger partial charge in [0.25, 0.3) is 11.6 Å². The van der Waals surface area contributed by atoms with Gasteiger partial charge in [0, 0.05) is 35.1 Å². The van der Waals surface area contributed by atoms with Crippen LogP contribution in [-0.4, -0.2) is 56.1 Å². The maximum absolute atomic E-state index is 14.1. The van der Waals surface area contributed by atoms with Crippen LogP contribution in [0.3, 0.4) is 0 Å². The molecule has 1 heterocycles. The smallest absolute Gasteiger partial charge is 0.269 e. The van der Waals surface area contributed by atoms with Crippen LogP contribution in [0.2, 0.25) is 5.02 Å². The number of halogens is 1. The van der Waals surface area contributed by atoms with Gasteiger partial charge in [-0.3, -0.25) is 14.9 Å². The number of amides is 1. The van der Waals surface area contributed by atoms with E-state index in [9.17, 15) is 14.9 Å². The second-order valence-electron chi connectivity index (χ2n) is 8.87. The van der Waals surface area contributed by atoms with E-state index in [-0.39, 0.29) is 23.5 Å². The lowest BCUT2D eigenvalue weighted by Crippen LogP contribution is -2.44. The zero-order valence-electron chi connectivity index (χ0n) is 20.8. The number of nitro benzene ring substituents is 1. The van der Waals surface area contributed by atoms with Gasteiger partial charge in [-0.15, -0.1) is 11.8 Å². The minimum absolute atomic E-state index is 0.00291. The van der Waals surface area contributed by atoms with E-state index in [0.717, 1.165) is 21.7 Å². The highest BCUT2D eigenvalue weighted by Crippen LogP contribution is 2.47. The summed E-state index contributed by atoms with van der Waals surface area (Å²) in [5, 5.41) is 11.2. The average Bonchev–Trinajstić information content (AvgIpc) is 3.00. The van der Waals surface area contributed by atoms with Crippen LogP contribution < -0.4 is 9.64 Å². The molecule has 37 heavy (non-hydrogen) atoms. The number of fused-ring (bicyclic) bond motifs is 1. The van der Waals surface area contributed by atoms with Crippen molar-refractivity contribution in [3.63, 3.8) is 0 Å². The number of anilines is 1. The van der Waals surface area contributed by atoms with Gasteiger partial charge in [-0.2, -0.15) is 0 Å². The number of nitrogens with zero attached hydrogens (tertiary/aromatic N) is 3. The Labute approximate surface area is 225 Å². The van der Waals surface area contributed by atoms with Crippen molar-refractivity contribution in [1.82, 2.24) is 4.90 Å². The molecule has 0 unspecified atom stereocenters. The SMILES string of the molecule is COc1ccc([C@@H]2Sc3cc(Cl)ccc3N(CCN(C)C)C(=O)[C@@H]2OCc2ccc([N+](=O)[O-])cc2)cc1. The van der Waals surface area contributed by atoms with Gasteiger partial charge in [-0.25, -0.2) is 0 Å². The highest BCUT2D eigenvalue weighted by Gasteiger charge is 2.39. The number of rotatable bonds is 9. The molecule has 1 aliphatic heterocycles. The van der Waals surface area contributed by atoms with E-state index in [1.807, 2.05) is 55.4 Å². The number of methoxy groups -OCH3 is 1. The Kier molecular flexibility index (Phi) is 8.71. The predicted octanol–water partition coefficient (Wildman–Crippen LogP) is 5.58. The van der Waals surface area contributed by atoms with E-state index in [2.05, 4.69) is 0 Å². The van der Waals surface area contributed by atoms with Gasteiger partial charge < -0.3 is 19.3 Å². The van der Waals surface area contributed by atoms with Crippen LogP contribution in [0.1, 0.15) is 16.4 Å². The van der Waals surface area contributed by atoms with Crippen LogP contribution in [0.5, 0.6) is 5.75 Å². The fourth-order valence-corrected chi connectivity index (χ4v) is 5.65. The summed E-state index contributed by atoms with van der Waals surface area (Å²) in [6.07, 6.45) is -0.818. The van der Waals surface area contributed by atoms with E-state index in [1.165, 1.54) is 23.9 Å². The molecule has 0 N–H and O–H groups in total. The third-order valence-corrected chi connectivity index (χ3v) is 7.63. The second kappa shape index (κ2) is 12.0. The van der Waals surface area contributed by atoms with Crippen LogP contribution in [0.25, 0.3) is 0 Å². The molecule has 0 aliphatic carbocycles. The predicted molar refractivity (Wildman–Crippen MR) is 146 cm³/mol. The molecule has 0 saturated heterocycles. The third-order valence-electron chi connectivity index (χ3n) is 6.04. The van der Waals surface area contributed by atoms with E-state index in [0.29, 0.717) is 23.9 Å². The summed E-state index contributed by atoms with van der Waals surface area (Å²) < 4.78 is 11.6. The lowest BCUT2D eigenvalue weighted by molar-refractivity contribution is -0.384. The highest BCUT2D eigenvalue weighted by molar-refractivity contribution is 7.99. The Hall–Kier alpha value is -3.11. The quantitative estimate of drug-likeness (QED) is 0.258. The average molecular weight is 542 g/mol. The van der Waals surface area contributed by atoms with Crippen LogP contribution in [-0.2, 0) is 16.1 Å². The minimum Gasteiger partial charge on any atom is -0.497 e. The molecule has 0 aromatic heterocycles. The highest BCUT2D eigenvalue weighted by atomic mass is 35.5. The van der Waals surface area contributed by atoms with Crippen molar-refractivity contribution in [2.75, 3.05) is 39.2 Å². The first-order valence-electron chi connectivity index (χ1n) is 11.7. The maximum Gasteiger partial charge on any atom is 0.269 e. The lowest BCUT2D eigenvalue weighted by atomic mass is 10.1. The van der Waals surface area contributed by atoms with Crippen molar-refractivity contribution in [2.24, 2.45) is 0 Å². The van der Waals surface area contributed by atoms with Crippen LogP contribution in [0.15, 0.2) is 71.6 Å². The molecule has 0 fully saturated rings. The summed E-state index contributed by atoms with van der Waals surface area (Å²) in [5.74, 6) is 0.561. The van der Waals surface area contributed by atoms with Crippen LogP contribution in [0.4, 0.5) is 11.4 Å². The molecule has 1 amide bonds. The number of likely N-dealkylation sites (N-methyl/N-ethyl adjacent to an activating group) is 1. The molecule has 4 rings (SSSR count). The zero-order chi connectivity index (χ0) is 26.5. The molecule has 10 heteroatoms. The molecule has 2 atom stereocenters.